The van der Waals surface area contributed by atoms with Crippen molar-refractivity contribution in [2.24, 2.45) is 0 Å². The third kappa shape index (κ3) is 1.06. The second-order valence-electron chi connectivity index (χ2n) is 5.12. The van der Waals surface area contributed by atoms with E-state index in [1.807, 2.05) is 0 Å². The van der Waals surface area contributed by atoms with E-state index in [2.05, 4.69) is 47.3 Å². The van der Waals surface area contributed by atoms with Crippen molar-refractivity contribution in [2.45, 2.75) is 31.1 Å². The van der Waals surface area contributed by atoms with Crippen molar-refractivity contribution in [2.75, 3.05) is 0 Å². The zero-order valence-electron chi connectivity index (χ0n) is 9.26. The van der Waals surface area contributed by atoms with Gasteiger partial charge >= 0.3 is 0 Å². The van der Waals surface area contributed by atoms with Gasteiger partial charge in [-0.25, -0.2) is 0 Å². The molecule has 1 fully saturated rings. The lowest BCUT2D eigenvalue weighted by molar-refractivity contribution is 0.722. The lowest BCUT2D eigenvalue weighted by atomic mass is 9.96. The Morgan fingerprint density at radius 1 is 0.875 bits per heavy atom. The van der Waals surface area contributed by atoms with Crippen LogP contribution < -0.4 is 0 Å². The van der Waals surface area contributed by atoms with E-state index < -0.39 is 0 Å². The molecule has 0 amide bonds. The smallest absolute Gasteiger partial charge is 0.0449 e. The number of nitrogens with zero attached hydrogens (tertiary/aromatic N) is 1. The largest absolute Gasteiger partial charge is 0.323 e. The molecule has 4 rings (SSSR count). The summed E-state index contributed by atoms with van der Waals surface area (Å²) >= 11 is 0. The second-order valence-corrected chi connectivity index (χ2v) is 5.12. The number of rotatable bonds is 1. The Bertz CT molecular complexity index is 496. The van der Waals surface area contributed by atoms with Crippen LogP contribution in [0.5, 0.6) is 0 Å². The molecule has 2 unspecified atom stereocenters. The molecule has 1 saturated carbocycles. The lowest BCUT2D eigenvalue weighted by Gasteiger charge is -2.07. The fraction of sp³-hybridized carbons (Fsp3) is 0.333. The molecule has 0 saturated heterocycles. The van der Waals surface area contributed by atoms with E-state index in [-0.39, 0.29) is 0 Å². The van der Waals surface area contributed by atoms with Crippen molar-refractivity contribution in [3.63, 3.8) is 0 Å². The Kier molecular flexibility index (Phi) is 1.62. The predicted octanol–water partition coefficient (Wildman–Crippen LogP) is 3.84. The highest BCUT2D eigenvalue weighted by atomic mass is 15.0. The summed E-state index contributed by atoms with van der Waals surface area (Å²) in [6, 6.07) is 10.6. The first-order chi connectivity index (χ1) is 7.92. The second kappa shape index (κ2) is 3.00. The topological polar surface area (TPSA) is 4.93 Å². The highest BCUT2D eigenvalue weighted by molar-refractivity contribution is 5.44. The summed E-state index contributed by atoms with van der Waals surface area (Å²) in [5.41, 5.74) is 4.54. The molecule has 0 N–H and O–H groups in total. The number of aromatic nitrogens is 1. The van der Waals surface area contributed by atoms with Gasteiger partial charge in [0, 0.05) is 18.1 Å². The first-order valence-corrected chi connectivity index (χ1v) is 6.19. The minimum Gasteiger partial charge on any atom is -0.323 e. The average Bonchev–Trinajstić information content (AvgIpc) is 3.02. The van der Waals surface area contributed by atoms with Gasteiger partial charge in [-0.3, -0.25) is 0 Å². The molecule has 2 aromatic rings. The Balaban J connectivity index is 1.83. The molecular formula is C15H15N. The number of benzene rings is 1. The van der Waals surface area contributed by atoms with Crippen LogP contribution in [0.3, 0.4) is 0 Å². The quantitative estimate of drug-likeness (QED) is 0.672. The Labute approximate surface area is 95.7 Å². The molecule has 1 heterocycles. The van der Waals surface area contributed by atoms with E-state index in [1.165, 1.54) is 24.9 Å². The van der Waals surface area contributed by atoms with Gasteiger partial charge in [0.2, 0.25) is 0 Å². The van der Waals surface area contributed by atoms with Crippen LogP contribution in [0.1, 0.15) is 42.2 Å². The molecule has 1 aromatic heterocycles. The number of hydrogen-bond donors (Lipinski definition) is 0. The van der Waals surface area contributed by atoms with Gasteiger partial charge in [-0.1, -0.05) is 18.2 Å². The summed E-state index contributed by atoms with van der Waals surface area (Å²) in [6.07, 6.45) is 8.95. The van der Waals surface area contributed by atoms with Crippen LogP contribution in [-0.2, 0) is 0 Å². The molecule has 16 heavy (non-hydrogen) atoms. The molecule has 1 aromatic carbocycles. The summed E-state index contributed by atoms with van der Waals surface area (Å²) in [5, 5.41) is 0. The Hall–Kier alpha value is -1.50. The summed E-state index contributed by atoms with van der Waals surface area (Å²) in [5.74, 6) is 1.73. The molecular weight excluding hydrogens is 194 g/mol. The molecule has 0 aliphatic heterocycles. The maximum absolute atomic E-state index is 2.36. The maximum atomic E-state index is 2.36. The van der Waals surface area contributed by atoms with Gasteiger partial charge in [-0.15, -0.1) is 0 Å². The molecule has 2 bridgehead atoms. The lowest BCUT2D eigenvalue weighted by Crippen LogP contribution is -1.92. The summed E-state index contributed by atoms with van der Waals surface area (Å²) < 4.78 is 2.30. The summed E-state index contributed by atoms with van der Waals surface area (Å²) in [7, 11) is 0. The van der Waals surface area contributed by atoms with Gasteiger partial charge in [0.1, 0.15) is 0 Å². The molecule has 1 nitrogen and oxygen atoms in total. The molecule has 0 spiro atoms. The van der Waals surface area contributed by atoms with E-state index in [4.69, 9.17) is 0 Å². The van der Waals surface area contributed by atoms with Crippen molar-refractivity contribution in [3.05, 3.63) is 53.9 Å². The van der Waals surface area contributed by atoms with Crippen molar-refractivity contribution < 1.29 is 0 Å². The van der Waals surface area contributed by atoms with Gasteiger partial charge in [-0.2, -0.15) is 0 Å². The first kappa shape index (κ1) is 8.63. The minimum absolute atomic E-state index is 0.866. The van der Waals surface area contributed by atoms with Crippen molar-refractivity contribution in [1.29, 1.82) is 0 Å². The van der Waals surface area contributed by atoms with Crippen LogP contribution in [0, 0.1) is 0 Å². The van der Waals surface area contributed by atoms with Crippen LogP contribution in [0.25, 0.3) is 5.69 Å². The summed E-state index contributed by atoms with van der Waals surface area (Å²) in [6.45, 7) is 0. The molecule has 2 aliphatic carbocycles. The minimum atomic E-state index is 0.866. The van der Waals surface area contributed by atoms with Gasteiger partial charge in [0.05, 0.1) is 0 Å². The number of fused-ring (bicyclic) bond motifs is 5. The van der Waals surface area contributed by atoms with Gasteiger partial charge in [0.25, 0.3) is 0 Å². The average molecular weight is 209 g/mol. The Morgan fingerprint density at radius 2 is 1.50 bits per heavy atom. The van der Waals surface area contributed by atoms with Crippen molar-refractivity contribution in [1.82, 2.24) is 4.57 Å². The van der Waals surface area contributed by atoms with Crippen LogP contribution in [-0.4, -0.2) is 4.57 Å². The van der Waals surface area contributed by atoms with Gasteiger partial charge in [0.15, 0.2) is 0 Å². The van der Waals surface area contributed by atoms with E-state index in [0.717, 1.165) is 11.8 Å². The third-order valence-electron chi connectivity index (χ3n) is 4.26. The van der Waals surface area contributed by atoms with Crippen LogP contribution >= 0.6 is 0 Å². The molecule has 80 valence electrons. The van der Waals surface area contributed by atoms with Gasteiger partial charge in [-0.05, 0) is 54.4 Å². The van der Waals surface area contributed by atoms with Crippen LogP contribution in [0.15, 0.2) is 42.7 Å². The highest BCUT2D eigenvalue weighted by Gasteiger charge is 2.37. The monoisotopic (exact) mass is 209 g/mol. The van der Waals surface area contributed by atoms with E-state index in [0.29, 0.717) is 0 Å². The number of para-hydroxylation sites is 1. The van der Waals surface area contributed by atoms with Crippen LogP contribution in [0.4, 0.5) is 0 Å². The molecule has 1 heteroatoms. The standard InChI is InChI=1S/C15H15N/c1-2-4-13(5-3-1)16-9-14-11-6-7-12(8-11)15(14)10-16/h1-5,9-12H,6-8H2. The maximum Gasteiger partial charge on any atom is 0.0449 e. The summed E-state index contributed by atoms with van der Waals surface area (Å²) in [4.78, 5) is 0. The number of hydrogen-bond acceptors (Lipinski definition) is 0. The normalized spacial score (nSPS) is 26.0. The molecule has 0 radical (unpaired) electrons. The zero-order chi connectivity index (χ0) is 10.5. The first-order valence-electron chi connectivity index (χ1n) is 6.19. The predicted molar refractivity (Wildman–Crippen MR) is 65.1 cm³/mol. The molecule has 2 atom stereocenters. The highest BCUT2D eigenvalue weighted by Crippen LogP contribution is 2.53. The Morgan fingerprint density at radius 3 is 2.12 bits per heavy atom. The third-order valence-corrected chi connectivity index (χ3v) is 4.26. The van der Waals surface area contributed by atoms with Crippen molar-refractivity contribution in [3.8, 4) is 5.69 Å². The fourth-order valence-corrected chi connectivity index (χ4v) is 3.46. The van der Waals surface area contributed by atoms with E-state index in [9.17, 15) is 0 Å². The fourth-order valence-electron chi connectivity index (χ4n) is 3.46. The van der Waals surface area contributed by atoms with E-state index in [1.54, 1.807) is 11.1 Å². The van der Waals surface area contributed by atoms with Gasteiger partial charge < -0.3 is 4.57 Å². The zero-order valence-corrected chi connectivity index (χ0v) is 9.26. The van der Waals surface area contributed by atoms with Crippen molar-refractivity contribution >= 4 is 0 Å². The molecule has 2 aliphatic rings. The van der Waals surface area contributed by atoms with Crippen LogP contribution in [0.2, 0.25) is 0 Å². The van der Waals surface area contributed by atoms with E-state index >= 15 is 0 Å². The SMILES string of the molecule is c1ccc(-n2cc3c(c2)C2CCC3C2)cc1.